The van der Waals surface area contributed by atoms with E-state index in [2.05, 4.69) is 17.1 Å². The molecular weight excluding hydrogens is 234 g/mol. The number of nitrogens with two attached hydrogens (primary N) is 1. The second kappa shape index (κ2) is 4.98. The van der Waals surface area contributed by atoms with E-state index in [0.717, 1.165) is 17.8 Å². The zero-order valence-electron chi connectivity index (χ0n) is 10.5. The molecule has 0 atom stereocenters. The number of anilines is 1. The molecule has 3 nitrogen and oxygen atoms in total. The number of nitrogen functional groups attached to an aromatic ring is 1. The van der Waals surface area contributed by atoms with E-state index in [-0.39, 0.29) is 0 Å². The highest BCUT2D eigenvalue weighted by Gasteiger charge is 2.06. The SMILES string of the molecule is Nc1nc(-c2ccccc2)cn1Cc1ccccc1. The molecule has 0 radical (unpaired) electrons. The second-order valence-electron chi connectivity index (χ2n) is 4.46. The van der Waals surface area contributed by atoms with Crippen molar-refractivity contribution in [2.75, 3.05) is 5.73 Å². The summed E-state index contributed by atoms with van der Waals surface area (Å²) in [6, 6.07) is 20.3. The zero-order chi connectivity index (χ0) is 13.1. The molecule has 0 unspecified atom stereocenters. The minimum Gasteiger partial charge on any atom is -0.369 e. The molecule has 1 aromatic heterocycles. The molecule has 3 aromatic rings. The van der Waals surface area contributed by atoms with Crippen molar-refractivity contribution in [1.29, 1.82) is 0 Å². The van der Waals surface area contributed by atoms with E-state index in [0.29, 0.717) is 5.95 Å². The van der Waals surface area contributed by atoms with Gasteiger partial charge in [-0.3, -0.25) is 0 Å². The number of benzene rings is 2. The third kappa shape index (κ3) is 2.50. The van der Waals surface area contributed by atoms with Crippen LogP contribution in [0.4, 0.5) is 5.95 Å². The lowest BCUT2D eigenvalue weighted by Crippen LogP contribution is -2.03. The molecule has 3 rings (SSSR count). The highest BCUT2D eigenvalue weighted by molar-refractivity contribution is 5.60. The van der Waals surface area contributed by atoms with E-state index in [1.165, 1.54) is 5.56 Å². The summed E-state index contributed by atoms with van der Waals surface area (Å²) in [5.74, 6) is 0.544. The summed E-state index contributed by atoms with van der Waals surface area (Å²) < 4.78 is 1.97. The average Bonchev–Trinajstić information content (AvgIpc) is 2.82. The smallest absolute Gasteiger partial charge is 0.201 e. The minimum absolute atomic E-state index is 0.544. The van der Waals surface area contributed by atoms with Crippen LogP contribution in [0.5, 0.6) is 0 Å². The molecule has 0 saturated heterocycles. The number of imidazole rings is 1. The van der Waals surface area contributed by atoms with Crippen molar-refractivity contribution in [3.63, 3.8) is 0 Å². The van der Waals surface area contributed by atoms with Crippen molar-refractivity contribution in [1.82, 2.24) is 9.55 Å². The molecule has 94 valence electrons. The molecule has 1 heterocycles. The largest absolute Gasteiger partial charge is 0.369 e. The van der Waals surface area contributed by atoms with E-state index in [9.17, 15) is 0 Å². The van der Waals surface area contributed by atoms with E-state index in [1.807, 2.05) is 59.3 Å². The van der Waals surface area contributed by atoms with Crippen molar-refractivity contribution < 1.29 is 0 Å². The van der Waals surface area contributed by atoms with Crippen LogP contribution in [0.25, 0.3) is 11.3 Å². The number of rotatable bonds is 3. The Balaban J connectivity index is 1.90. The molecule has 0 bridgehead atoms. The maximum absolute atomic E-state index is 5.98. The van der Waals surface area contributed by atoms with Gasteiger partial charge in [-0.1, -0.05) is 60.7 Å². The van der Waals surface area contributed by atoms with Gasteiger partial charge in [-0.2, -0.15) is 0 Å². The standard InChI is InChI=1S/C16H15N3/c17-16-18-15(14-9-5-2-6-10-14)12-19(16)11-13-7-3-1-4-8-13/h1-10,12H,11H2,(H2,17,18). The van der Waals surface area contributed by atoms with E-state index < -0.39 is 0 Å². The number of hydrogen-bond donors (Lipinski definition) is 1. The highest BCUT2D eigenvalue weighted by atomic mass is 15.1. The fourth-order valence-electron chi connectivity index (χ4n) is 2.09. The van der Waals surface area contributed by atoms with Crippen LogP contribution in [0.1, 0.15) is 5.56 Å². The van der Waals surface area contributed by atoms with Crippen molar-refractivity contribution in [3.8, 4) is 11.3 Å². The van der Waals surface area contributed by atoms with Gasteiger partial charge in [-0.25, -0.2) is 4.98 Å². The summed E-state index contributed by atoms with van der Waals surface area (Å²) in [6.07, 6.45) is 2.00. The Bertz CT molecular complexity index is 657. The van der Waals surface area contributed by atoms with Crippen LogP contribution in [-0.2, 0) is 6.54 Å². The van der Waals surface area contributed by atoms with Gasteiger partial charge in [0.15, 0.2) is 0 Å². The normalized spacial score (nSPS) is 10.5. The lowest BCUT2D eigenvalue weighted by Gasteiger charge is -2.03. The van der Waals surface area contributed by atoms with Gasteiger partial charge in [0.25, 0.3) is 0 Å². The molecule has 0 aliphatic carbocycles. The summed E-state index contributed by atoms with van der Waals surface area (Å²) in [5, 5.41) is 0. The van der Waals surface area contributed by atoms with E-state index >= 15 is 0 Å². The predicted octanol–water partition coefficient (Wildman–Crippen LogP) is 3.18. The Labute approximate surface area is 112 Å². The first-order chi connectivity index (χ1) is 9.33. The summed E-state index contributed by atoms with van der Waals surface area (Å²) in [6.45, 7) is 0.743. The van der Waals surface area contributed by atoms with E-state index in [1.54, 1.807) is 0 Å². The monoisotopic (exact) mass is 249 g/mol. The molecule has 0 fully saturated rings. The van der Waals surface area contributed by atoms with Crippen molar-refractivity contribution in [2.24, 2.45) is 0 Å². The average molecular weight is 249 g/mol. The molecular formula is C16H15N3. The first-order valence-electron chi connectivity index (χ1n) is 6.25. The maximum Gasteiger partial charge on any atom is 0.201 e. The molecule has 0 saturated carbocycles. The molecule has 0 aliphatic rings. The van der Waals surface area contributed by atoms with Gasteiger partial charge < -0.3 is 10.3 Å². The first kappa shape index (κ1) is 11.5. The third-order valence-corrected chi connectivity index (χ3v) is 3.07. The lowest BCUT2D eigenvalue weighted by molar-refractivity contribution is 0.811. The molecule has 0 spiro atoms. The van der Waals surface area contributed by atoms with Gasteiger partial charge in [-0.15, -0.1) is 0 Å². The topological polar surface area (TPSA) is 43.8 Å². The van der Waals surface area contributed by atoms with Crippen molar-refractivity contribution in [3.05, 3.63) is 72.4 Å². The zero-order valence-corrected chi connectivity index (χ0v) is 10.5. The van der Waals surface area contributed by atoms with E-state index in [4.69, 9.17) is 5.73 Å². The van der Waals surface area contributed by atoms with Crippen molar-refractivity contribution >= 4 is 5.95 Å². The predicted molar refractivity (Wildman–Crippen MR) is 77.6 cm³/mol. The Morgan fingerprint density at radius 3 is 2.21 bits per heavy atom. The number of aromatic nitrogens is 2. The van der Waals surface area contributed by atoms with Crippen LogP contribution in [-0.4, -0.2) is 9.55 Å². The highest BCUT2D eigenvalue weighted by Crippen LogP contribution is 2.20. The fraction of sp³-hybridized carbons (Fsp3) is 0.0625. The molecule has 2 aromatic carbocycles. The van der Waals surface area contributed by atoms with Gasteiger partial charge >= 0.3 is 0 Å². The Hall–Kier alpha value is -2.55. The third-order valence-electron chi connectivity index (χ3n) is 3.07. The van der Waals surface area contributed by atoms with Crippen LogP contribution < -0.4 is 5.73 Å². The van der Waals surface area contributed by atoms with Gasteiger partial charge in [0, 0.05) is 11.8 Å². The fourth-order valence-corrected chi connectivity index (χ4v) is 2.09. The summed E-state index contributed by atoms with van der Waals surface area (Å²) in [4.78, 5) is 4.42. The lowest BCUT2D eigenvalue weighted by atomic mass is 10.2. The van der Waals surface area contributed by atoms with Crippen LogP contribution in [0, 0.1) is 0 Å². The summed E-state index contributed by atoms with van der Waals surface area (Å²) in [7, 11) is 0. The van der Waals surface area contributed by atoms with Crippen LogP contribution in [0.2, 0.25) is 0 Å². The first-order valence-corrected chi connectivity index (χ1v) is 6.25. The van der Waals surface area contributed by atoms with Crippen molar-refractivity contribution in [2.45, 2.75) is 6.54 Å². The van der Waals surface area contributed by atoms with Crippen LogP contribution in [0.15, 0.2) is 66.9 Å². The van der Waals surface area contributed by atoms with Crippen LogP contribution in [0.3, 0.4) is 0 Å². The summed E-state index contributed by atoms with van der Waals surface area (Å²) >= 11 is 0. The Morgan fingerprint density at radius 1 is 0.895 bits per heavy atom. The van der Waals surface area contributed by atoms with Gasteiger partial charge in [0.1, 0.15) is 0 Å². The molecule has 0 aliphatic heterocycles. The molecule has 0 amide bonds. The van der Waals surface area contributed by atoms with Gasteiger partial charge in [0.05, 0.1) is 12.2 Å². The Morgan fingerprint density at radius 2 is 1.53 bits per heavy atom. The summed E-state index contributed by atoms with van der Waals surface area (Å²) in [5.41, 5.74) is 9.19. The maximum atomic E-state index is 5.98. The molecule has 3 heteroatoms. The van der Waals surface area contributed by atoms with Gasteiger partial charge in [0.2, 0.25) is 5.95 Å². The molecule has 19 heavy (non-hydrogen) atoms. The van der Waals surface area contributed by atoms with Gasteiger partial charge in [-0.05, 0) is 5.56 Å². The Kier molecular flexibility index (Phi) is 3.02. The van der Waals surface area contributed by atoms with Crippen LogP contribution >= 0.6 is 0 Å². The number of hydrogen-bond acceptors (Lipinski definition) is 2. The molecule has 2 N–H and O–H groups in total. The second-order valence-corrected chi connectivity index (χ2v) is 4.46. The minimum atomic E-state index is 0.544. The number of nitrogens with zero attached hydrogens (tertiary/aromatic N) is 2. The quantitative estimate of drug-likeness (QED) is 0.774.